The average molecular weight is 465 g/mol. The summed E-state index contributed by atoms with van der Waals surface area (Å²) in [6, 6.07) is 11.7. The highest BCUT2D eigenvalue weighted by Crippen LogP contribution is 2.35. The minimum absolute atomic E-state index is 0.0286. The second-order valence-electron chi connectivity index (χ2n) is 6.52. The summed E-state index contributed by atoms with van der Waals surface area (Å²) in [7, 11) is 0. The van der Waals surface area contributed by atoms with Crippen LogP contribution in [0.15, 0.2) is 48.5 Å². The molecule has 1 aliphatic rings. The van der Waals surface area contributed by atoms with Gasteiger partial charge in [0.25, 0.3) is 5.69 Å². The van der Waals surface area contributed by atoms with Gasteiger partial charge in [-0.3, -0.25) is 20.2 Å². The quantitative estimate of drug-likeness (QED) is 0.317. The zero-order valence-corrected chi connectivity index (χ0v) is 18.1. The third kappa shape index (κ3) is 5.47. The summed E-state index contributed by atoms with van der Waals surface area (Å²) in [5.74, 6) is -0.334. The van der Waals surface area contributed by atoms with Crippen LogP contribution < -0.4 is 10.2 Å². The van der Waals surface area contributed by atoms with E-state index in [1.807, 2.05) is 9.80 Å². The molecule has 2 aromatic carbocycles. The lowest BCUT2D eigenvalue weighted by molar-refractivity contribution is -0.384. The summed E-state index contributed by atoms with van der Waals surface area (Å²) in [5.41, 5.74) is 1.22. The number of thiocarbonyl (C=S) groups is 1. The molecule has 2 aromatic rings. The Hall–Kier alpha value is -2.68. The Morgan fingerprint density at radius 3 is 2.40 bits per heavy atom. The molecule has 10 heteroatoms. The van der Waals surface area contributed by atoms with Gasteiger partial charge in [-0.2, -0.15) is 0 Å². The van der Waals surface area contributed by atoms with Gasteiger partial charge >= 0.3 is 0 Å². The molecular formula is C20H18Cl2N4O3S. The van der Waals surface area contributed by atoms with Crippen LogP contribution in [0.25, 0.3) is 6.08 Å². The Bertz CT molecular complexity index is 990. The summed E-state index contributed by atoms with van der Waals surface area (Å²) in [6.45, 7) is 1.98. The van der Waals surface area contributed by atoms with Gasteiger partial charge in [0.2, 0.25) is 5.91 Å². The normalized spacial score (nSPS) is 14.1. The molecule has 0 bridgehead atoms. The molecule has 0 saturated carbocycles. The molecule has 0 unspecified atom stereocenters. The highest BCUT2D eigenvalue weighted by Gasteiger charge is 2.27. The number of nitrogens with zero attached hydrogens (tertiary/aromatic N) is 3. The number of piperazine rings is 1. The molecular weight excluding hydrogens is 447 g/mol. The zero-order chi connectivity index (χ0) is 21.7. The van der Waals surface area contributed by atoms with Crippen molar-refractivity contribution in [3.8, 4) is 0 Å². The number of anilines is 1. The summed E-state index contributed by atoms with van der Waals surface area (Å²) < 4.78 is 0. The molecule has 7 nitrogen and oxygen atoms in total. The van der Waals surface area contributed by atoms with Crippen molar-refractivity contribution in [3.63, 3.8) is 0 Å². The molecule has 3 rings (SSSR count). The van der Waals surface area contributed by atoms with Gasteiger partial charge in [-0.1, -0.05) is 41.4 Å². The minimum atomic E-state index is -0.439. The number of benzene rings is 2. The maximum atomic E-state index is 12.1. The summed E-state index contributed by atoms with van der Waals surface area (Å²) in [6.07, 6.45) is 3.07. The lowest BCUT2D eigenvalue weighted by Gasteiger charge is -2.37. The fourth-order valence-electron chi connectivity index (χ4n) is 3.07. The van der Waals surface area contributed by atoms with Gasteiger partial charge in [0.05, 0.1) is 9.95 Å². The van der Waals surface area contributed by atoms with Crippen molar-refractivity contribution in [3.05, 3.63) is 74.3 Å². The van der Waals surface area contributed by atoms with Gasteiger partial charge in [0, 0.05) is 43.3 Å². The number of para-hydroxylation sites is 1. The van der Waals surface area contributed by atoms with E-state index >= 15 is 0 Å². The molecule has 1 aliphatic heterocycles. The Morgan fingerprint density at radius 1 is 1.10 bits per heavy atom. The van der Waals surface area contributed by atoms with Gasteiger partial charge in [0.15, 0.2) is 5.11 Å². The Kier molecular flexibility index (Phi) is 7.25. The molecule has 1 saturated heterocycles. The third-order valence-corrected chi connectivity index (χ3v) is 5.49. The number of amides is 1. The van der Waals surface area contributed by atoms with E-state index in [2.05, 4.69) is 5.32 Å². The maximum Gasteiger partial charge on any atom is 0.294 e. The molecule has 1 N–H and O–H groups in total. The van der Waals surface area contributed by atoms with Crippen LogP contribution in [0.3, 0.4) is 0 Å². The minimum Gasteiger partial charge on any atom is -0.361 e. The number of rotatable bonds is 4. The molecule has 0 aliphatic carbocycles. The molecule has 0 atom stereocenters. The predicted molar refractivity (Wildman–Crippen MR) is 123 cm³/mol. The van der Waals surface area contributed by atoms with Crippen molar-refractivity contribution < 1.29 is 9.72 Å². The summed E-state index contributed by atoms with van der Waals surface area (Å²) in [4.78, 5) is 26.7. The van der Waals surface area contributed by atoms with E-state index < -0.39 is 4.92 Å². The van der Waals surface area contributed by atoms with Crippen LogP contribution >= 0.6 is 35.4 Å². The van der Waals surface area contributed by atoms with Crippen molar-refractivity contribution in [2.45, 2.75) is 0 Å². The van der Waals surface area contributed by atoms with Gasteiger partial charge in [0.1, 0.15) is 5.69 Å². The van der Waals surface area contributed by atoms with E-state index in [0.29, 0.717) is 47.0 Å². The van der Waals surface area contributed by atoms with Crippen molar-refractivity contribution >= 4 is 63.9 Å². The fourth-order valence-corrected chi connectivity index (χ4v) is 3.77. The molecule has 1 fully saturated rings. The molecule has 30 heavy (non-hydrogen) atoms. The molecule has 1 heterocycles. The molecule has 0 radical (unpaired) electrons. The average Bonchev–Trinajstić information content (AvgIpc) is 2.73. The first kappa shape index (κ1) is 22.0. The van der Waals surface area contributed by atoms with E-state index in [1.54, 1.807) is 42.5 Å². The van der Waals surface area contributed by atoms with Crippen molar-refractivity contribution in [2.75, 3.05) is 31.1 Å². The molecule has 0 spiro atoms. The Balaban J connectivity index is 1.56. The number of halogens is 2. The Labute approximate surface area is 189 Å². The second kappa shape index (κ2) is 9.88. The van der Waals surface area contributed by atoms with Crippen LogP contribution in [-0.4, -0.2) is 47.0 Å². The topological polar surface area (TPSA) is 78.7 Å². The maximum absolute atomic E-state index is 12.1. The SMILES string of the molecule is O=C(/C=C/c1ccc(Cl)cc1)NC(=S)N1CCN(c2c(Cl)cccc2[N+](=O)[O-])CC1. The van der Waals surface area contributed by atoms with Crippen molar-refractivity contribution in [1.29, 1.82) is 0 Å². The van der Waals surface area contributed by atoms with Crippen molar-refractivity contribution in [2.24, 2.45) is 0 Å². The number of nitro groups is 1. The van der Waals surface area contributed by atoms with E-state index in [0.717, 1.165) is 5.56 Å². The largest absolute Gasteiger partial charge is 0.361 e. The van der Waals surface area contributed by atoms with Gasteiger partial charge in [-0.05, 0) is 42.1 Å². The van der Waals surface area contributed by atoms with E-state index in [-0.39, 0.29) is 11.6 Å². The van der Waals surface area contributed by atoms with Gasteiger partial charge in [-0.25, -0.2) is 0 Å². The van der Waals surface area contributed by atoms with Crippen LogP contribution in [0.5, 0.6) is 0 Å². The number of hydrogen-bond acceptors (Lipinski definition) is 5. The highest BCUT2D eigenvalue weighted by atomic mass is 35.5. The molecule has 0 aromatic heterocycles. The van der Waals surface area contributed by atoms with E-state index in [9.17, 15) is 14.9 Å². The van der Waals surface area contributed by atoms with Gasteiger partial charge < -0.3 is 9.80 Å². The Morgan fingerprint density at radius 2 is 1.77 bits per heavy atom. The first-order valence-electron chi connectivity index (χ1n) is 9.06. The van der Waals surface area contributed by atoms with Crippen molar-refractivity contribution in [1.82, 2.24) is 10.2 Å². The first-order chi connectivity index (χ1) is 14.3. The summed E-state index contributed by atoms with van der Waals surface area (Å²) in [5, 5.41) is 15.3. The third-order valence-electron chi connectivity index (χ3n) is 4.57. The number of hydrogen-bond donors (Lipinski definition) is 1. The van der Waals surface area contributed by atoms with E-state index in [1.165, 1.54) is 12.1 Å². The first-order valence-corrected chi connectivity index (χ1v) is 10.2. The van der Waals surface area contributed by atoms with Gasteiger partial charge in [-0.15, -0.1) is 0 Å². The van der Waals surface area contributed by atoms with Crippen LogP contribution in [-0.2, 0) is 4.79 Å². The van der Waals surface area contributed by atoms with E-state index in [4.69, 9.17) is 35.4 Å². The van der Waals surface area contributed by atoms with Crippen LogP contribution in [0.1, 0.15) is 5.56 Å². The number of nitro benzene ring substituents is 1. The van der Waals surface area contributed by atoms with Crippen LogP contribution in [0, 0.1) is 10.1 Å². The fraction of sp³-hybridized carbons (Fsp3) is 0.200. The number of carbonyl (C=O) groups excluding carboxylic acids is 1. The zero-order valence-electron chi connectivity index (χ0n) is 15.8. The monoisotopic (exact) mass is 464 g/mol. The second-order valence-corrected chi connectivity index (χ2v) is 7.75. The summed E-state index contributed by atoms with van der Waals surface area (Å²) >= 11 is 17.4. The smallest absolute Gasteiger partial charge is 0.294 e. The van der Waals surface area contributed by atoms with Crippen LogP contribution in [0.4, 0.5) is 11.4 Å². The predicted octanol–water partition coefficient (Wildman–Crippen LogP) is 4.14. The lowest BCUT2D eigenvalue weighted by Crippen LogP contribution is -2.52. The number of nitrogens with one attached hydrogen (secondary N) is 1. The highest BCUT2D eigenvalue weighted by molar-refractivity contribution is 7.80. The lowest BCUT2D eigenvalue weighted by atomic mass is 10.2. The standard InChI is InChI=1S/C20H18Cl2N4O3S/c21-15-7-4-14(5-8-15)6-9-18(27)23-20(30)25-12-10-24(11-13-25)19-16(22)2-1-3-17(19)26(28)29/h1-9H,10-13H2,(H,23,27,30)/b9-6+. The molecule has 1 amide bonds. The van der Waals surface area contributed by atoms with Crippen LogP contribution in [0.2, 0.25) is 10.0 Å². The molecule has 156 valence electrons. The number of carbonyl (C=O) groups is 1.